The standard InChI is InChI=1S/C30H15F2N2.CH3.Pt/c31-21-11-17-9-20(16-21)30-26-8-4-2-6-24(26)28(34-30)14-18-10-19(15-22(32)12-18)29-25-7-3-1-5-23(25)27(13-17)33-29;;/h1-9,11-16H;1H3;/q2*-1;+2. The molecule has 5 heteroatoms. The van der Waals surface area contributed by atoms with Crippen LogP contribution in [0.3, 0.4) is 0 Å². The molecule has 0 fully saturated rings. The SMILES string of the molecule is Fc1cc2[c-]c(c1)c1nc(cc3cc(F)cc(c3)c3nc(c2)-c2ccccc2-3)-c2ccccc2-1.[CH3-].[Pt+2]. The van der Waals surface area contributed by atoms with Crippen molar-refractivity contribution < 1.29 is 29.8 Å². The average Bonchev–Trinajstić information content (AvgIpc) is 3.37. The summed E-state index contributed by atoms with van der Waals surface area (Å²) in [4.78, 5) is 9.69. The van der Waals surface area contributed by atoms with Crippen molar-refractivity contribution in [3.8, 4) is 45.0 Å². The van der Waals surface area contributed by atoms with Crippen LogP contribution in [-0.2, 0) is 21.1 Å². The molecule has 2 nitrogen and oxygen atoms in total. The predicted octanol–water partition coefficient (Wildman–Crippen LogP) is 8.29. The van der Waals surface area contributed by atoms with E-state index in [1.54, 1.807) is 0 Å². The molecule has 0 unspecified atom stereocenters. The van der Waals surface area contributed by atoms with Gasteiger partial charge in [0, 0.05) is 33.5 Å². The van der Waals surface area contributed by atoms with Crippen molar-refractivity contribution >= 4 is 21.5 Å². The molecule has 0 amide bonds. The van der Waals surface area contributed by atoms with Gasteiger partial charge in [-0.1, -0.05) is 72.1 Å². The Kier molecular flexibility index (Phi) is 6.02. The summed E-state index contributed by atoms with van der Waals surface area (Å²) in [6.45, 7) is 0. The molecular weight excluding hydrogens is 633 g/mol. The van der Waals surface area contributed by atoms with Crippen molar-refractivity contribution in [1.29, 1.82) is 0 Å². The Hall–Kier alpha value is -3.75. The van der Waals surface area contributed by atoms with Gasteiger partial charge in [0.2, 0.25) is 0 Å². The number of nitrogens with zero attached hydrogens (tertiary/aromatic N) is 2. The topological polar surface area (TPSA) is 25.8 Å². The molecule has 0 radical (unpaired) electrons. The largest absolute Gasteiger partial charge is 2.00 e. The number of aromatic nitrogens is 2. The molecule has 2 aliphatic rings. The van der Waals surface area contributed by atoms with E-state index in [1.165, 1.54) is 24.3 Å². The van der Waals surface area contributed by atoms with Crippen molar-refractivity contribution in [2.24, 2.45) is 0 Å². The fourth-order valence-electron chi connectivity index (χ4n) is 4.85. The third-order valence-corrected chi connectivity index (χ3v) is 6.28. The Labute approximate surface area is 221 Å². The third kappa shape index (κ3) is 3.83. The second-order valence-corrected chi connectivity index (χ2v) is 8.51. The summed E-state index contributed by atoms with van der Waals surface area (Å²) in [5, 5.41) is 2.50. The second-order valence-electron chi connectivity index (χ2n) is 8.51. The van der Waals surface area contributed by atoms with Gasteiger partial charge >= 0.3 is 21.1 Å². The van der Waals surface area contributed by atoms with E-state index in [9.17, 15) is 8.78 Å². The first kappa shape index (κ1) is 24.0. The van der Waals surface area contributed by atoms with Crippen LogP contribution in [0.25, 0.3) is 66.6 Å². The van der Waals surface area contributed by atoms with Gasteiger partial charge in [-0.15, -0.1) is 11.5 Å². The average molecular weight is 652 g/mol. The van der Waals surface area contributed by atoms with E-state index in [0.717, 1.165) is 22.3 Å². The number of halogens is 2. The molecular formula is C31H18F2N2Pt. The van der Waals surface area contributed by atoms with Crippen LogP contribution in [0.4, 0.5) is 8.78 Å². The summed E-state index contributed by atoms with van der Waals surface area (Å²) in [6.07, 6.45) is 0. The monoisotopic (exact) mass is 651 g/mol. The third-order valence-electron chi connectivity index (χ3n) is 6.28. The molecule has 0 spiro atoms. The Morgan fingerprint density at radius 3 is 1.89 bits per heavy atom. The molecule has 176 valence electrons. The Morgan fingerprint density at radius 1 is 0.583 bits per heavy atom. The zero-order valence-corrected chi connectivity index (χ0v) is 21.4. The van der Waals surface area contributed by atoms with Gasteiger partial charge in [0.25, 0.3) is 0 Å². The molecule has 3 heterocycles. The number of hydrogen-bond acceptors (Lipinski definition) is 2. The van der Waals surface area contributed by atoms with Crippen LogP contribution in [0.15, 0.2) is 91.0 Å². The van der Waals surface area contributed by atoms with Crippen LogP contribution < -0.4 is 0 Å². The number of fused-ring (bicyclic) bond motifs is 16. The molecule has 7 rings (SSSR count). The van der Waals surface area contributed by atoms with E-state index in [-0.39, 0.29) is 40.1 Å². The molecule has 2 aliphatic heterocycles. The first-order valence-electron chi connectivity index (χ1n) is 11.0. The molecule has 4 aromatic carbocycles. The minimum absolute atomic E-state index is 0. The predicted molar refractivity (Wildman–Crippen MR) is 138 cm³/mol. The minimum atomic E-state index is -0.368. The summed E-state index contributed by atoms with van der Waals surface area (Å²) in [6, 6.07) is 30.4. The maximum absolute atomic E-state index is 14.8. The van der Waals surface area contributed by atoms with E-state index in [0.29, 0.717) is 44.3 Å². The van der Waals surface area contributed by atoms with Crippen molar-refractivity contribution in [3.05, 3.63) is 116 Å². The van der Waals surface area contributed by atoms with Crippen molar-refractivity contribution in [2.75, 3.05) is 0 Å². The maximum atomic E-state index is 14.8. The van der Waals surface area contributed by atoms with Gasteiger partial charge in [-0.3, -0.25) is 9.97 Å². The van der Waals surface area contributed by atoms with Crippen LogP contribution in [0.2, 0.25) is 0 Å². The number of rotatable bonds is 0. The Balaban J connectivity index is 0.00000133. The summed E-state index contributed by atoms with van der Waals surface area (Å²) < 4.78 is 29.6. The van der Waals surface area contributed by atoms with E-state index in [1.807, 2.05) is 66.7 Å². The summed E-state index contributed by atoms with van der Waals surface area (Å²) in [5.41, 5.74) is 6.35. The molecule has 5 aromatic rings. The molecule has 36 heavy (non-hydrogen) atoms. The van der Waals surface area contributed by atoms with E-state index in [4.69, 9.17) is 9.97 Å². The second kappa shape index (κ2) is 9.04. The Morgan fingerprint density at radius 2 is 1.17 bits per heavy atom. The molecule has 0 saturated carbocycles. The van der Waals surface area contributed by atoms with Gasteiger partial charge < -0.3 is 7.43 Å². The molecule has 8 bridgehead atoms. The zero-order valence-electron chi connectivity index (χ0n) is 19.1. The summed E-state index contributed by atoms with van der Waals surface area (Å²) in [7, 11) is 0. The van der Waals surface area contributed by atoms with E-state index >= 15 is 0 Å². The van der Waals surface area contributed by atoms with Crippen LogP contribution in [-0.4, -0.2) is 9.97 Å². The normalized spacial score (nSPS) is 11.2. The van der Waals surface area contributed by atoms with Gasteiger partial charge in [-0.25, -0.2) is 8.78 Å². The minimum Gasteiger partial charge on any atom is -0.358 e. The number of benzene rings is 4. The molecule has 0 saturated heterocycles. The number of hydrogen-bond donors (Lipinski definition) is 0. The van der Waals surface area contributed by atoms with Gasteiger partial charge in [0.1, 0.15) is 5.82 Å². The first-order chi connectivity index (χ1) is 16.6. The van der Waals surface area contributed by atoms with Crippen LogP contribution in [0.5, 0.6) is 0 Å². The smallest absolute Gasteiger partial charge is 0.358 e. The van der Waals surface area contributed by atoms with Gasteiger partial charge in [0.05, 0.1) is 17.2 Å². The van der Waals surface area contributed by atoms with E-state index in [2.05, 4.69) is 6.07 Å². The van der Waals surface area contributed by atoms with Crippen LogP contribution >= 0.6 is 0 Å². The van der Waals surface area contributed by atoms with Gasteiger partial charge in [-0.2, -0.15) is 0 Å². The molecule has 1 aromatic heterocycles. The molecule has 0 aliphatic carbocycles. The first-order valence-corrected chi connectivity index (χ1v) is 11.0. The molecule has 0 N–H and O–H groups in total. The zero-order chi connectivity index (χ0) is 22.8. The van der Waals surface area contributed by atoms with Crippen molar-refractivity contribution in [1.82, 2.24) is 9.97 Å². The van der Waals surface area contributed by atoms with E-state index < -0.39 is 0 Å². The van der Waals surface area contributed by atoms with Crippen LogP contribution in [0.1, 0.15) is 0 Å². The summed E-state index contributed by atoms with van der Waals surface area (Å²) in [5.74, 6) is -0.710. The quantitative estimate of drug-likeness (QED) is 0.154. The van der Waals surface area contributed by atoms with Crippen LogP contribution in [0, 0.1) is 25.1 Å². The molecule has 0 atom stereocenters. The maximum Gasteiger partial charge on any atom is 2.00 e. The Bertz CT molecular complexity index is 1660. The van der Waals surface area contributed by atoms with Crippen molar-refractivity contribution in [2.45, 2.75) is 0 Å². The fourth-order valence-corrected chi connectivity index (χ4v) is 4.85. The van der Waals surface area contributed by atoms with Gasteiger partial charge in [0.15, 0.2) is 0 Å². The van der Waals surface area contributed by atoms with Crippen molar-refractivity contribution in [3.63, 3.8) is 0 Å². The van der Waals surface area contributed by atoms with Gasteiger partial charge in [-0.05, 0) is 35.2 Å². The summed E-state index contributed by atoms with van der Waals surface area (Å²) >= 11 is 0. The fraction of sp³-hybridized carbons (Fsp3) is 0.